The van der Waals surface area contributed by atoms with E-state index in [0.717, 1.165) is 19.2 Å². The fourth-order valence-corrected chi connectivity index (χ4v) is 9.23. The summed E-state index contributed by atoms with van der Waals surface area (Å²) >= 11 is 0. The van der Waals surface area contributed by atoms with Crippen molar-refractivity contribution in [1.82, 2.24) is 25.2 Å². The molecule has 1 aromatic heterocycles. The number of benzene rings is 1. The second-order valence-corrected chi connectivity index (χ2v) is 19.2. The van der Waals surface area contributed by atoms with Gasteiger partial charge >= 0.3 is 6.09 Å². The average Bonchev–Trinajstić information content (AvgIpc) is 4.09. The normalized spacial score (nSPS) is 28.4. The Labute approximate surface area is 356 Å². The molecular formula is C43H67F2N5O9S. The van der Waals surface area contributed by atoms with E-state index in [-0.39, 0.29) is 35.5 Å². The minimum Gasteiger partial charge on any atom is -0.492 e. The van der Waals surface area contributed by atoms with Gasteiger partial charge in [0.1, 0.15) is 29.5 Å². The molecule has 2 aliphatic heterocycles. The number of aromatic nitrogens is 1. The van der Waals surface area contributed by atoms with Crippen molar-refractivity contribution in [1.29, 1.82) is 0 Å². The Hall–Kier alpha value is -4.54. The van der Waals surface area contributed by atoms with Gasteiger partial charge in [0.15, 0.2) is 5.60 Å². The Morgan fingerprint density at radius 3 is 2.43 bits per heavy atom. The van der Waals surface area contributed by atoms with Crippen LogP contribution in [0.25, 0.3) is 10.8 Å². The molecule has 6 rings (SSSR count). The molecule has 3 N–H and O–H groups in total. The van der Waals surface area contributed by atoms with Crippen molar-refractivity contribution in [3.05, 3.63) is 42.6 Å². The number of carbonyl (C=O) groups excluding carboxylic acids is 4. The van der Waals surface area contributed by atoms with Gasteiger partial charge in [-0.05, 0) is 84.1 Å². The third kappa shape index (κ3) is 9.97. The monoisotopic (exact) mass is 867 g/mol. The SMILES string of the molecule is CC.CCOc1cnc(O[C@@H]2C[C@H]3C(=O)N[C@]4(C(=O)NS(=O)(=O)C5(C)CC5)C[C@H]4/C=C\CC[C@@H](C)C[C@@H](CC)[C@H](NC(=O)OC(C)(C)C(F)F)C(=O)N3C2)c2ccccc12.[HH].[HH].[HH]. The van der Waals surface area contributed by atoms with Crippen molar-refractivity contribution in [2.24, 2.45) is 17.8 Å². The van der Waals surface area contributed by atoms with Gasteiger partial charge in [-0.2, -0.15) is 0 Å². The van der Waals surface area contributed by atoms with E-state index in [1.54, 1.807) is 6.92 Å². The van der Waals surface area contributed by atoms with E-state index in [9.17, 15) is 36.4 Å². The number of pyridine rings is 1. The summed E-state index contributed by atoms with van der Waals surface area (Å²) in [5, 5.41) is 6.80. The number of hydrogen-bond acceptors (Lipinski definition) is 10. The van der Waals surface area contributed by atoms with Gasteiger partial charge in [0.2, 0.25) is 27.7 Å². The minimum absolute atomic E-state index is 0. The van der Waals surface area contributed by atoms with Crippen LogP contribution in [0.5, 0.6) is 11.6 Å². The van der Waals surface area contributed by atoms with Crippen LogP contribution in [-0.4, -0.2) is 95.8 Å². The molecule has 60 heavy (non-hydrogen) atoms. The first-order chi connectivity index (χ1) is 28.3. The van der Waals surface area contributed by atoms with Crippen LogP contribution in [0.3, 0.4) is 0 Å². The number of rotatable bonds is 11. The minimum atomic E-state index is -4.05. The van der Waals surface area contributed by atoms with Crippen LogP contribution in [0, 0.1) is 17.8 Å². The van der Waals surface area contributed by atoms with Gasteiger partial charge in [-0.3, -0.25) is 19.1 Å². The van der Waals surface area contributed by atoms with E-state index in [0.29, 0.717) is 56.3 Å². The molecule has 1 aromatic carbocycles. The summed E-state index contributed by atoms with van der Waals surface area (Å²) < 4.78 is 72.5. The highest BCUT2D eigenvalue weighted by Crippen LogP contribution is 2.48. The zero-order chi connectivity index (χ0) is 44.2. The molecule has 4 aliphatic rings. The number of fused-ring (bicyclic) bond motifs is 3. The third-order valence-electron chi connectivity index (χ3n) is 12.1. The lowest BCUT2D eigenvalue weighted by Crippen LogP contribution is -2.59. The first kappa shape index (κ1) is 46.5. The highest BCUT2D eigenvalue weighted by atomic mass is 32.2. The number of nitrogens with zero attached hydrogens (tertiary/aromatic N) is 2. The number of alkyl carbamates (subject to hydrolysis) is 1. The number of carbonyl (C=O) groups is 4. The number of allylic oxidation sites excluding steroid dienone is 1. The third-order valence-corrected chi connectivity index (χ3v) is 14.2. The Morgan fingerprint density at radius 1 is 1.12 bits per heavy atom. The number of ether oxygens (including phenoxy) is 3. The van der Waals surface area contributed by atoms with Crippen molar-refractivity contribution >= 4 is 44.6 Å². The lowest BCUT2D eigenvalue weighted by atomic mass is 9.85. The summed E-state index contributed by atoms with van der Waals surface area (Å²) in [5.41, 5.74) is -3.76. The molecule has 2 saturated carbocycles. The van der Waals surface area contributed by atoms with Crippen LogP contribution in [0.4, 0.5) is 13.6 Å². The van der Waals surface area contributed by atoms with Crippen molar-refractivity contribution in [2.45, 2.75) is 147 Å². The topological polar surface area (TPSA) is 182 Å². The van der Waals surface area contributed by atoms with Crippen molar-refractivity contribution in [2.75, 3.05) is 13.2 Å². The summed E-state index contributed by atoms with van der Waals surface area (Å²) in [6, 6.07) is 4.78. The highest BCUT2D eigenvalue weighted by molar-refractivity contribution is 7.91. The number of amides is 4. The quantitative estimate of drug-likeness (QED) is 0.196. The molecule has 14 nitrogen and oxygen atoms in total. The molecule has 2 aromatic rings. The molecule has 0 bridgehead atoms. The fraction of sp³-hybridized carbons (Fsp3) is 0.651. The van der Waals surface area contributed by atoms with Crippen LogP contribution >= 0.6 is 0 Å². The molecule has 4 amide bonds. The number of hydrogen-bond donors (Lipinski definition) is 3. The van der Waals surface area contributed by atoms with E-state index in [1.807, 2.05) is 71.0 Å². The lowest BCUT2D eigenvalue weighted by molar-refractivity contribution is -0.142. The maximum absolute atomic E-state index is 14.9. The first-order valence-corrected chi connectivity index (χ1v) is 22.6. The molecule has 2 aliphatic carbocycles. The summed E-state index contributed by atoms with van der Waals surface area (Å²) in [6.07, 6.45) is 3.27. The Bertz CT molecular complexity index is 2060. The fourth-order valence-electron chi connectivity index (χ4n) is 7.92. The smallest absolute Gasteiger partial charge is 0.408 e. The van der Waals surface area contributed by atoms with Crippen molar-refractivity contribution < 1.29 is 54.9 Å². The molecule has 0 unspecified atom stereocenters. The van der Waals surface area contributed by atoms with Crippen molar-refractivity contribution in [3.8, 4) is 11.6 Å². The predicted molar refractivity (Wildman–Crippen MR) is 228 cm³/mol. The Kier molecular flexibility index (Phi) is 14.4. The lowest BCUT2D eigenvalue weighted by Gasteiger charge is -2.34. The molecule has 1 saturated heterocycles. The summed E-state index contributed by atoms with van der Waals surface area (Å²) in [7, 11) is -4.05. The zero-order valence-corrected chi connectivity index (χ0v) is 36.7. The predicted octanol–water partition coefficient (Wildman–Crippen LogP) is 7.16. The summed E-state index contributed by atoms with van der Waals surface area (Å²) in [5.74, 6) is -2.43. The van der Waals surface area contributed by atoms with Crippen LogP contribution in [0.15, 0.2) is 42.6 Å². The van der Waals surface area contributed by atoms with E-state index in [4.69, 9.17) is 14.2 Å². The van der Waals surface area contributed by atoms with Gasteiger partial charge in [-0.25, -0.2) is 27.0 Å². The van der Waals surface area contributed by atoms with Crippen LogP contribution in [-0.2, 0) is 29.1 Å². The molecule has 0 spiro atoms. The summed E-state index contributed by atoms with van der Waals surface area (Å²) in [6.45, 7) is 13.7. The second-order valence-electron chi connectivity index (χ2n) is 17.0. The van der Waals surface area contributed by atoms with Crippen LogP contribution in [0.1, 0.15) is 111 Å². The first-order valence-electron chi connectivity index (χ1n) is 21.2. The number of alkyl halides is 2. The highest BCUT2D eigenvalue weighted by Gasteiger charge is 2.63. The van der Waals surface area contributed by atoms with Gasteiger partial charge in [0.05, 0.1) is 24.1 Å². The van der Waals surface area contributed by atoms with Gasteiger partial charge in [0.25, 0.3) is 12.3 Å². The average molecular weight is 868 g/mol. The van der Waals surface area contributed by atoms with Gasteiger partial charge in [0, 0.05) is 27.4 Å². The van der Waals surface area contributed by atoms with Gasteiger partial charge < -0.3 is 29.7 Å². The largest absolute Gasteiger partial charge is 0.492 e. The zero-order valence-electron chi connectivity index (χ0n) is 35.9. The van der Waals surface area contributed by atoms with E-state index in [1.165, 1.54) is 11.1 Å². The molecular weight excluding hydrogens is 801 g/mol. The summed E-state index contributed by atoms with van der Waals surface area (Å²) in [4.78, 5) is 62.5. The number of halogens is 2. The van der Waals surface area contributed by atoms with E-state index >= 15 is 0 Å². The Balaban J connectivity index is 0.00000269. The van der Waals surface area contributed by atoms with E-state index in [2.05, 4.69) is 20.3 Å². The van der Waals surface area contributed by atoms with Gasteiger partial charge in [-0.1, -0.05) is 64.5 Å². The molecule has 0 radical (unpaired) electrons. The molecule has 338 valence electrons. The molecule has 3 fully saturated rings. The molecule has 7 atom stereocenters. The van der Waals surface area contributed by atoms with Gasteiger partial charge in [-0.15, -0.1) is 0 Å². The standard InChI is InChI=1S/C41H55F2N5O9S.C2H6.3H2/c1-7-25-19-24(3)13-9-10-14-26-21-41(26,37(51)47-58(53,54)40(6)17-18-40)46-33(49)30-20-27(56-34-29-16-12-11-15-28(29)31(22-44-34)55-8-2)23-48(30)35(50)32(25)45-38(52)57-39(4,5)36(42)43;1-2;;;/h10-12,14-16,22,24-27,30,32,36H,7-9,13,17-21,23H2,1-6H3,(H,45,52)(H,46,49)(H,47,51);1-2H3;3*1H/b14-10-;;;;/t24-,25-,26-,27-,30+,32+,41-;;;;/m1..../s1. The molecule has 3 heterocycles. The second kappa shape index (κ2) is 18.6. The maximum Gasteiger partial charge on any atom is 0.408 e. The number of sulfonamides is 1. The number of nitrogens with one attached hydrogen (secondary N) is 3. The molecule has 17 heteroatoms. The van der Waals surface area contributed by atoms with Crippen LogP contribution in [0.2, 0.25) is 0 Å². The van der Waals surface area contributed by atoms with Crippen LogP contribution < -0.4 is 24.8 Å². The Morgan fingerprint density at radius 2 is 1.80 bits per heavy atom. The van der Waals surface area contributed by atoms with E-state index < -0.39 is 86.2 Å². The van der Waals surface area contributed by atoms with Crippen molar-refractivity contribution in [3.63, 3.8) is 0 Å². The maximum atomic E-state index is 14.9.